The lowest BCUT2D eigenvalue weighted by Crippen LogP contribution is -2.51. The first-order chi connectivity index (χ1) is 7.36. The second kappa shape index (κ2) is 4.61. The van der Waals surface area contributed by atoms with Crippen molar-refractivity contribution in [3.05, 3.63) is 0 Å². The molecule has 2 atom stereocenters. The Kier molecular flexibility index (Phi) is 3.20. The minimum atomic E-state index is 0.119. The summed E-state index contributed by atoms with van der Waals surface area (Å²) in [4.78, 5) is 25.4. The number of hydrogen-bond acceptors (Lipinski definition) is 3. The lowest BCUT2D eigenvalue weighted by atomic mass is 10.3. The van der Waals surface area contributed by atoms with E-state index < -0.39 is 0 Å². The first kappa shape index (κ1) is 10.4. The third-order valence-electron chi connectivity index (χ3n) is 3.33. The second-order valence-corrected chi connectivity index (χ2v) is 4.15. The van der Waals surface area contributed by atoms with E-state index in [0.717, 1.165) is 51.6 Å². The third-order valence-corrected chi connectivity index (χ3v) is 3.33. The third kappa shape index (κ3) is 1.97. The summed E-state index contributed by atoms with van der Waals surface area (Å²) in [5.41, 5.74) is 0. The van der Waals surface area contributed by atoms with E-state index in [9.17, 15) is 9.59 Å². The molecule has 0 spiro atoms. The monoisotopic (exact) mass is 211 g/mol. The Bertz CT molecular complexity index is 247. The Morgan fingerprint density at radius 1 is 1.13 bits per heavy atom. The second-order valence-electron chi connectivity index (χ2n) is 4.15. The van der Waals surface area contributed by atoms with Crippen molar-refractivity contribution < 1.29 is 9.59 Å². The Balaban J connectivity index is 2.01. The van der Waals surface area contributed by atoms with E-state index >= 15 is 0 Å². The molecule has 0 aromatic heterocycles. The van der Waals surface area contributed by atoms with Gasteiger partial charge >= 0.3 is 0 Å². The molecule has 15 heavy (non-hydrogen) atoms. The highest BCUT2D eigenvalue weighted by Crippen LogP contribution is 2.26. The topological polar surface area (TPSA) is 52.7 Å². The summed E-state index contributed by atoms with van der Waals surface area (Å²) in [6, 6.07) is 0. The number of carbonyl (C=O) groups is 2. The molecule has 2 rings (SSSR count). The molecule has 1 N–H and O–H groups in total. The molecule has 2 saturated heterocycles. The Hall–Kier alpha value is -1.10. The number of hydrogen-bond donors (Lipinski definition) is 1. The molecular weight excluding hydrogens is 194 g/mol. The van der Waals surface area contributed by atoms with Gasteiger partial charge in [-0.1, -0.05) is 0 Å². The van der Waals surface area contributed by atoms with Crippen LogP contribution in [0.2, 0.25) is 0 Å². The molecule has 0 aromatic carbocycles. The van der Waals surface area contributed by atoms with Crippen molar-refractivity contribution in [2.24, 2.45) is 0 Å². The van der Waals surface area contributed by atoms with Gasteiger partial charge in [0.15, 0.2) is 0 Å². The van der Waals surface area contributed by atoms with Gasteiger partial charge in [-0.2, -0.15) is 0 Å². The van der Waals surface area contributed by atoms with Gasteiger partial charge in [-0.15, -0.1) is 0 Å². The minimum absolute atomic E-state index is 0.119. The average Bonchev–Trinajstić information content (AvgIpc) is 2.84. The quantitative estimate of drug-likeness (QED) is 0.651. The van der Waals surface area contributed by atoms with Crippen LogP contribution in [0.5, 0.6) is 0 Å². The van der Waals surface area contributed by atoms with E-state index in [4.69, 9.17) is 0 Å². The van der Waals surface area contributed by atoms with Crippen molar-refractivity contribution in [1.29, 1.82) is 0 Å². The summed E-state index contributed by atoms with van der Waals surface area (Å²) in [7, 11) is 0. The van der Waals surface area contributed by atoms with Crippen LogP contribution >= 0.6 is 0 Å². The van der Waals surface area contributed by atoms with Crippen LogP contribution in [0, 0.1) is 0 Å². The molecule has 2 amide bonds. The van der Waals surface area contributed by atoms with Gasteiger partial charge in [0, 0.05) is 13.1 Å². The molecule has 0 aromatic rings. The maximum Gasteiger partial charge on any atom is 0.210 e. The number of likely N-dealkylation sites (tertiary alicyclic amines) is 2. The average molecular weight is 211 g/mol. The highest BCUT2D eigenvalue weighted by Gasteiger charge is 2.35. The highest BCUT2D eigenvalue weighted by molar-refractivity contribution is 5.48. The standard InChI is InChI=1S/C10H17N3O2/c14-7-11-9-3-1-6-13(9)10-4-2-5-12(10)8-15/h7-10H,1-6H2,(H,11,14)/t9?,10-/m0/s1. The van der Waals surface area contributed by atoms with Crippen LogP contribution in [-0.4, -0.2) is 48.0 Å². The molecule has 2 fully saturated rings. The van der Waals surface area contributed by atoms with Gasteiger partial charge in [0.25, 0.3) is 0 Å². The molecule has 0 bridgehead atoms. The summed E-state index contributed by atoms with van der Waals surface area (Å²) < 4.78 is 0. The van der Waals surface area contributed by atoms with Crippen molar-refractivity contribution in [3.8, 4) is 0 Å². The van der Waals surface area contributed by atoms with Gasteiger partial charge in [0.05, 0.1) is 12.3 Å². The van der Waals surface area contributed by atoms with E-state index in [1.165, 1.54) is 0 Å². The van der Waals surface area contributed by atoms with Gasteiger partial charge in [0.1, 0.15) is 0 Å². The Morgan fingerprint density at radius 3 is 2.67 bits per heavy atom. The fourth-order valence-electron chi connectivity index (χ4n) is 2.65. The van der Waals surface area contributed by atoms with Gasteiger partial charge in [-0.25, -0.2) is 0 Å². The van der Waals surface area contributed by atoms with E-state index in [-0.39, 0.29) is 12.3 Å². The summed E-state index contributed by atoms with van der Waals surface area (Å²) in [5.74, 6) is 0. The predicted molar refractivity (Wildman–Crippen MR) is 54.7 cm³/mol. The van der Waals surface area contributed by atoms with Crippen LogP contribution < -0.4 is 5.32 Å². The van der Waals surface area contributed by atoms with Crippen LogP contribution in [0.1, 0.15) is 25.7 Å². The van der Waals surface area contributed by atoms with Crippen LogP contribution in [0.4, 0.5) is 0 Å². The lowest BCUT2D eigenvalue weighted by molar-refractivity contribution is -0.122. The van der Waals surface area contributed by atoms with E-state index in [2.05, 4.69) is 10.2 Å². The van der Waals surface area contributed by atoms with Crippen molar-refractivity contribution in [1.82, 2.24) is 15.1 Å². The maximum atomic E-state index is 10.8. The van der Waals surface area contributed by atoms with E-state index in [1.807, 2.05) is 4.90 Å². The fourth-order valence-corrected chi connectivity index (χ4v) is 2.65. The number of amides is 2. The molecule has 0 radical (unpaired) electrons. The Morgan fingerprint density at radius 2 is 1.93 bits per heavy atom. The molecule has 2 heterocycles. The zero-order valence-electron chi connectivity index (χ0n) is 8.76. The summed E-state index contributed by atoms with van der Waals surface area (Å²) in [6.07, 6.45) is 6.16. The predicted octanol–water partition coefficient (Wildman–Crippen LogP) is -0.267. The zero-order chi connectivity index (χ0) is 10.7. The molecule has 2 aliphatic heterocycles. The van der Waals surface area contributed by atoms with Crippen molar-refractivity contribution in [3.63, 3.8) is 0 Å². The lowest BCUT2D eigenvalue weighted by Gasteiger charge is -2.34. The van der Waals surface area contributed by atoms with Gasteiger partial charge < -0.3 is 10.2 Å². The van der Waals surface area contributed by atoms with Gasteiger partial charge in [-0.3, -0.25) is 14.5 Å². The van der Waals surface area contributed by atoms with Gasteiger partial charge in [-0.05, 0) is 25.7 Å². The van der Waals surface area contributed by atoms with Crippen LogP contribution in [-0.2, 0) is 9.59 Å². The number of rotatable bonds is 4. The van der Waals surface area contributed by atoms with E-state index in [0.29, 0.717) is 0 Å². The molecular formula is C10H17N3O2. The number of nitrogens with one attached hydrogen (secondary N) is 1. The normalized spacial score (nSPS) is 31.9. The summed E-state index contributed by atoms with van der Waals surface area (Å²) >= 11 is 0. The minimum Gasteiger partial charge on any atom is -0.343 e. The first-order valence-electron chi connectivity index (χ1n) is 5.53. The van der Waals surface area contributed by atoms with Crippen LogP contribution in [0.25, 0.3) is 0 Å². The largest absolute Gasteiger partial charge is 0.343 e. The smallest absolute Gasteiger partial charge is 0.210 e. The summed E-state index contributed by atoms with van der Waals surface area (Å²) in [6.45, 7) is 1.82. The molecule has 5 heteroatoms. The van der Waals surface area contributed by atoms with E-state index in [1.54, 1.807) is 0 Å². The molecule has 1 unspecified atom stereocenters. The molecule has 84 valence electrons. The van der Waals surface area contributed by atoms with Crippen molar-refractivity contribution in [2.45, 2.75) is 38.0 Å². The van der Waals surface area contributed by atoms with Crippen molar-refractivity contribution in [2.75, 3.05) is 13.1 Å². The SMILES string of the molecule is O=CNC1CCCN1[C@H]1CCCN1C=O. The molecule has 0 saturated carbocycles. The number of carbonyl (C=O) groups excluding carboxylic acids is 2. The zero-order valence-corrected chi connectivity index (χ0v) is 8.76. The summed E-state index contributed by atoms with van der Waals surface area (Å²) in [5, 5.41) is 2.82. The molecule has 2 aliphatic rings. The highest BCUT2D eigenvalue weighted by atomic mass is 16.1. The van der Waals surface area contributed by atoms with Gasteiger partial charge in [0.2, 0.25) is 12.8 Å². The van der Waals surface area contributed by atoms with Crippen LogP contribution in [0.15, 0.2) is 0 Å². The Labute approximate surface area is 89.4 Å². The molecule has 0 aliphatic carbocycles. The number of nitrogens with zero attached hydrogens (tertiary/aromatic N) is 2. The fraction of sp³-hybridized carbons (Fsp3) is 0.800. The maximum absolute atomic E-state index is 10.8. The first-order valence-corrected chi connectivity index (χ1v) is 5.53. The van der Waals surface area contributed by atoms with Crippen LogP contribution in [0.3, 0.4) is 0 Å². The molecule has 5 nitrogen and oxygen atoms in total. The van der Waals surface area contributed by atoms with Crippen molar-refractivity contribution >= 4 is 12.8 Å².